The van der Waals surface area contributed by atoms with Crippen LogP contribution in [0.15, 0.2) is 24.5 Å². The molecule has 1 aromatic rings. The van der Waals surface area contributed by atoms with Gasteiger partial charge in [0.2, 0.25) is 0 Å². The molecule has 0 radical (unpaired) electrons. The van der Waals surface area contributed by atoms with Crippen molar-refractivity contribution < 1.29 is 9.53 Å². The van der Waals surface area contributed by atoms with E-state index in [-0.39, 0.29) is 18.2 Å². The van der Waals surface area contributed by atoms with Gasteiger partial charge in [-0.3, -0.25) is 4.98 Å². The van der Waals surface area contributed by atoms with Crippen LogP contribution in [0.2, 0.25) is 0 Å². The zero-order valence-corrected chi connectivity index (χ0v) is 13.1. The van der Waals surface area contributed by atoms with Gasteiger partial charge in [0.25, 0.3) is 0 Å². The Morgan fingerprint density at radius 2 is 2.05 bits per heavy atom. The Labute approximate surface area is 131 Å². The standard InChI is InChI=1S/C16H24N4O2/c1-13(15-3-2-12-22-15)18-16(21)20-10-8-19(9-11-20)14-4-6-17-7-5-14/h4-7,13,15H,2-3,8-12H2,1H3,(H,18,21)/t13-,15-/m0/s1. The minimum atomic E-state index is 0.0254. The van der Waals surface area contributed by atoms with Crippen molar-refractivity contribution in [2.45, 2.75) is 31.9 Å². The summed E-state index contributed by atoms with van der Waals surface area (Å²) in [4.78, 5) is 20.6. The molecule has 0 bridgehead atoms. The highest BCUT2D eigenvalue weighted by atomic mass is 16.5. The summed E-state index contributed by atoms with van der Waals surface area (Å²) in [6.45, 7) is 6.03. The first kappa shape index (κ1) is 15.1. The summed E-state index contributed by atoms with van der Waals surface area (Å²) in [6, 6.07) is 4.12. The second-order valence-corrected chi connectivity index (χ2v) is 5.97. The fourth-order valence-electron chi connectivity index (χ4n) is 3.10. The number of piperazine rings is 1. The average molecular weight is 304 g/mol. The Morgan fingerprint density at radius 3 is 2.68 bits per heavy atom. The number of nitrogens with zero attached hydrogens (tertiary/aromatic N) is 3. The van der Waals surface area contributed by atoms with E-state index in [1.54, 1.807) is 12.4 Å². The molecule has 0 aliphatic carbocycles. The number of hydrogen-bond acceptors (Lipinski definition) is 4. The van der Waals surface area contributed by atoms with Crippen LogP contribution in [0.25, 0.3) is 0 Å². The fraction of sp³-hybridized carbons (Fsp3) is 0.625. The first-order valence-electron chi connectivity index (χ1n) is 8.06. The maximum atomic E-state index is 12.3. The van der Waals surface area contributed by atoms with E-state index in [1.807, 2.05) is 24.0 Å². The molecule has 2 atom stereocenters. The molecule has 2 aliphatic rings. The molecular formula is C16H24N4O2. The number of rotatable bonds is 3. The van der Waals surface area contributed by atoms with Gasteiger partial charge >= 0.3 is 6.03 Å². The Morgan fingerprint density at radius 1 is 1.32 bits per heavy atom. The summed E-state index contributed by atoms with van der Waals surface area (Å²) in [7, 11) is 0. The van der Waals surface area contributed by atoms with Crippen LogP contribution in [-0.2, 0) is 4.74 Å². The maximum absolute atomic E-state index is 12.3. The quantitative estimate of drug-likeness (QED) is 0.919. The molecule has 3 rings (SSSR count). The molecule has 3 heterocycles. The molecule has 0 spiro atoms. The van der Waals surface area contributed by atoms with E-state index in [1.165, 1.54) is 5.69 Å². The molecule has 2 aliphatic heterocycles. The van der Waals surface area contributed by atoms with Crippen molar-refractivity contribution in [3.05, 3.63) is 24.5 Å². The van der Waals surface area contributed by atoms with Crippen LogP contribution < -0.4 is 10.2 Å². The van der Waals surface area contributed by atoms with Crippen molar-refractivity contribution in [3.8, 4) is 0 Å². The summed E-state index contributed by atoms with van der Waals surface area (Å²) in [5.74, 6) is 0. The monoisotopic (exact) mass is 304 g/mol. The van der Waals surface area contributed by atoms with Gasteiger partial charge in [0.05, 0.1) is 12.1 Å². The molecule has 120 valence electrons. The van der Waals surface area contributed by atoms with Crippen molar-refractivity contribution in [3.63, 3.8) is 0 Å². The molecule has 2 saturated heterocycles. The van der Waals surface area contributed by atoms with Gasteiger partial charge < -0.3 is 19.9 Å². The molecular weight excluding hydrogens is 280 g/mol. The highest BCUT2D eigenvalue weighted by Crippen LogP contribution is 2.17. The largest absolute Gasteiger partial charge is 0.376 e. The number of hydrogen-bond donors (Lipinski definition) is 1. The summed E-state index contributed by atoms with van der Waals surface area (Å²) >= 11 is 0. The number of anilines is 1. The lowest BCUT2D eigenvalue weighted by molar-refractivity contribution is 0.0831. The lowest BCUT2D eigenvalue weighted by Crippen LogP contribution is -2.54. The van der Waals surface area contributed by atoms with Crippen LogP contribution in [0.4, 0.5) is 10.5 Å². The first-order chi connectivity index (χ1) is 10.7. The molecule has 6 nitrogen and oxygen atoms in total. The third kappa shape index (κ3) is 3.50. The highest BCUT2D eigenvalue weighted by molar-refractivity contribution is 5.75. The molecule has 2 fully saturated rings. The van der Waals surface area contributed by atoms with Gasteiger partial charge in [0.15, 0.2) is 0 Å². The zero-order valence-electron chi connectivity index (χ0n) is 13.1. The van der Waals surface area contributed by atoms with E-state index in [4.69, 9.17) is 4.74 Å². The number of urea groups is 1. The molecule has 0 unspecified atom stereocenters. The average Bonchev–Trinajstić information content (AvgIpc) is 3.10. The Bertz CT molecular complexity index is 482. The lowest BCUT2D eigenvalue weighted by Gasteiger charge is -2.36. The summed E-state index contributed by atoms with van der Waals surface area (Å²) < 4.78 is 5.63. The lowest BCUT2D eigenvalue weighted by atomic mass is 10.1. The molecule has 1 N–H and O–H groups in total. The number of carbonyl (C=O) groups is 1. The van der Waals surface area contributed by atoms with Gasteiger partial charge in [-0.05, 0) is 31.9 Å². The van der Waals surface area contributed by atoms with Gasteiger partial charge in [-0.15, -0.1) is 0 Å². The number of nitrogens with one attached hydrogen (secondary N) is 1. The predicted octanol–water partition coefficient (Wildman–Crippen LogP) is 1.48. The van der Waals surface area contributed by atoms with Crippen LogP contribution in [0.1, 0.15) is 19.8 Å². The van der Waals surface area contributed by atoms with Crippen LogP contribution in [0.5, 0.6) is 0 Å². The SMILES string of the molecule is C[C@H](NC(=O)N1CCN(c2ccncc2)CC1)[C@@H]1CCCO1. The number of carbonyl (C=O) groups excluding carboxylic acids is 1. The maximum Gasteiger partial charge on any atom is 0.317 e. The van der Waals surface area contributed by atoms with Crippen LogP contribution in [0.3, 0.4) is 0 Å². The van der Waals surface area contributed by atoms with Crippen molar-refractivity contribution in [2.24, 2.45) is 0 Å². The number of pyridine rings is 1. The normalized spacial score (nSPS) is 23.4. The summed E-state index contributed by atoms with van der Waals surface area (Å²) in [6.07, 6.45) is 5.91. The second-order valence-electron chi connectivity index (χ2n) is 5.97. The van der Waals surface area contributed by atoms with Gasteiger partial charge in [-0.2, -0.15) is 0 Å². The third-order valence-electron chi connectivity index (χ3n) is 4.47. The molecule has 2 amide bonds. The van der Waals surface area contributed by atoms with E-state index < -0.39 is 0 Å². The van der Waals surface area contributed by atoms with Gasteiger partial charge in [-0.1, -0.05) is 0 Å². The zero-order chi connectivity index (χ0) is 15.4. The Hall–Kier alpha value is -1.82. The van der Waals surface area contributed by atoms with E-state index in [9.17, 15) is 4.79 Å². The summed E-state index contributed by atoms with van der Waals surface area (Å²) in [5.41, 5.74) is 1.17. The molecule has 1 aromatic heterocycles. The van der Waals surface area contributed by atoms with Crippen molar-refractivity contribution in [2.75, 3.05) is 37.7 Å². The van der Waals surface area contributed by atoms with E-state index in [0.717, 1.165) is 45.6 Å². The van der Waals surface area contributed by atoms with Crippen LogP contribution in [0, 0.1) is 0 Å². The molecule has 0 aromatic carbocycles. The highest BCUT2D eigenvalue weighted by Gasteiger charge is 2.27. The third-order valence-corrected chi connectivity index (χ3v) is 4.47. The van der Waals surface area contributed by atoms with Gasteiger partial charge in [0.1, 0.15) is 0 Å². The molecule has 22 heavy (non-hydrogen) atoms. The predicted molar refractivity (Wildman–Crippen MR) is 85.0 cm³/mol. The van der Waals surface area contributed by atoms with E-state index in [2.05, 4.69) is 15.2 Å². The van der Waals surface area contributed by atoms with Gasteiger partial charge in [0, 0.05) is 50.9 Å². The number of amides is 2. The van der Waals surface area contributed by atoms with Crippen molar-refractivity contribution >= 4 is 11.7 Å². The van der Waals surface area contributed by atoms with Gasteiger partial charge in [-0.25, -0.2) is 4.79 Å². The summed E-state index contributed by atoms with van der Waals surface area (Å²) in [5, 5.41) is 3.08. The topological polar surface area (TPSA) is 57.7 Å². The van der Waals surface area contributed by atoms with Crippen LogP contribution in [-0.4, -0.2) is 60.8 Å². The van der Waals surface area contributed by atoms with Crippen LogP contribution >= 0.6 is 0 Å². The Kier molecular flexibility index (Phi) is 4.77. The van der Waals surface area contributed by atoms with Crippen molar-refractivity contribution in [1.29, 1.82) is 0 Å². The first-order valence-corrected chi connectivity index (χ1v) is 8.06. The Balaban J connectivity index is 1.47. The molecule has 6 heteroatoms. The smallest absolute Gasteiger partial charge is 0.317 e. The number of ether oxygens (including phenoxy) is 1. The van der Waals surface area contributed by atoms with Crippen molar-refractivity contribution in [1.82, 2.24) is 15.2 Å². The van der Waals surface area contributed by atoms with E-state index >= 15 is 0 Å². The molecule has 0 saturated carbocycles. The van der Waals surface area contributed by atoms with E-state index in [0.29, 0.717) is 0 Å². The minimum Gasteiger partial charge on any atom is -0.376 e. The fourth-order valence-corrected chi connectivity index (χ4v) is 3.10. The number of aromatic nitrogens is 1. The minimum absolute atomic E-state index is 0.0254. The second kappa shape index (κ2) is 6.96.